The third-order valence-corrected chi connectivity index (χ3v) is 3.06. The topological polar surface area (TPSA) is 20.2 Å². The van der Waals surface area contributed by atoms with Crippen molar-refractivity contribution in [3.05, 3.63) is 71.8 Å². The van der Waals surface area contributed by atoms with E-state index in [2.05, 4.69) is 37.3 Å². The van der Waals surface area contributed by atoms with E-state index in [1.165, 1.54) is 11.1 Å². The molecule has 0 amide bonds. The first-order valence-electron chi connectivity index (χ1n) is 6.32. The fourth-order valence-corrected chi connectivity index (χ4v) is 2.05. The van der Waals surface area contributed by atoms with Gasteiger partial charge < -0.3 is 5.11 Å². The van der Waals surface area contributed by atoms with Crippen molar-refractivity contribution in [2.75, 3.05) is 0 Å². The van der Waals surface area contributed by atoms with Gasteiger partial charge in [0.2, 0.25) is 0 Å². The molecular formula is C17H18O. The maximum absolute atomic E-state index is 9.87. The molecule has 0 radical (unpaired) electrons. The van der Waals surface area contributed by atoms with E-state index >= 15 is 0 Å². The molecule has 1 N–H and O–H groups in total. The Labute approximate surface area is 108 Å². The van der Waals surface area contributed by atoms with E-state index in [9.17, 15) is 5.11 Å². The van der Waals surface area contributed by atoms with Crippen molar-refractivity contribution in [2.45, 2.75) is 19.8 Å². The molecule has 2 aromatic carbocycles. The van der Waals surface area contributed by atoms with E-state index in [-0.39, 0.29) is 0 Å². The van der Waals surface area contributed by atoms with Crippen LogP contribution in [-0.2, 0) is 6.42 Å². The second kappa shape index (κ2) is 6.06. The second-order valence-corrected chi connectivity index (χ2v) is 4.29. The highest BCUT2D eigenvalue weighted by Gasteiger charge is 2.04. The van der Waals surface area contributed by atoms with Crippen LogP contribution < -0.4 is 0 Å². The summed E-state index contributed by atoms with van der Waals surface area (Å²) in [5, 5.41) is 9.87. The monoisotopic (exact) mass is 238 g/mol. The lowest BCUT2D eigenvalue weighted by atomic mass is 10.00. The molecule has 0 aliphatic heterocycles. The van der Waals surface area contributed by atoms with Gasteiger partial charge >= 0.3 is 0 Å². The molecule has 0 aliphatic carbocycles. The fraction of sp³-hybridized carbons (Fsp3) is 0.176. The van der Waals surface area contributed by atoms with Crippen molar-refractivity contribution in [3.63, 3.8) is 0 Å². The van der Waals surface area contributed by atoms with Crippen molar-refractivity contribution >= 4 is 5.57 Å². The SMILES string of the molecule is CC/C(=C/Cc1ccccc1)c1ccccc1O. The standard InChI is InChI=1S/C17H18O/c1-2-15(16-10-6-7-11-17(16)18)13-12-14-8-4-3-5-9-14/h3-11,13,18H,2,12H2,1H3/b15-13-. The Morgan fingerprint density at radius 1 is 1.00 bits per heavy atom. The smallest absolute Gasteiger partial charge is 0.123 e. The molecule has 0 bridgehead atoms. The van der Waals surface area contributed by atoms with Crippen LogP contribution in [0.5, 0.6) is 5.75 Å². The third kappa shape index (κ3) is 3.01. The van der Waals surface area contributed by atoms with Gasteiger partial charge in [0.15, 0.2) is 0 Å². The molecule has 0 spiro atoms. The van der Waals surface area contributed by atoms with E-state index in [1.807, 2.05) is 24.3 Å². The van der Waals surface area contributed by atoms with E-state index < -0.39 is 0 Å². The molecule has 0 fully saturated rings. The third-order valence-electron chi connectivity index (χ3n) is 3.06. The summed E-state index contributed by atoms with van der Waals surface area (Å²) in [7, 11) is 0. The number of para-hydroxylation sites is 1. The molecule has 0 saturated heterocycles. The van der Waals surface area contributed by atoms with Crippen molar-refractivity contribution < 1.29 is 5.11 Å². The van der Waals surface area contributed by atoms with Gasteiger partial charge in [-0.2, -0.15) is 0 Å². The molecule has 1 nitrogen and oxygen atoms in total. The molecule has 0 saturated carbocycles. The Morgan fingerprint density at radius 2 is 1.67 bits per heavy atom. The number of phenols is 1. The van der Waals surface area contributed by atoms with E-state index in [0.717, 1.165) is 18.4 Å². The zero-order valence-electron chi connectivity index (χ0n) is 10.6. The van der Waals surface area contributed by atoms with Crippen molar-refractivity contribution in [1.82, 2.24) is 0 Å². The largest absolute Gasteiger partial charge is 0.507 e. The molecule has 0 aliphatic rings. The van der Waals surface area contributed by atoms with Crippen LogP contribution in [0.3, 0.4) is 0 Å². The van der Waals surface area contributed by atoms with Crippen LogP contribution in [0.15, 0.2) is 60.7 Å². The van der Waals surface area contributed by atoms with Crippen molar-refractivity contribution in [2.24, 2.45) is 0 Å². The van der Waals surface area contributed by atoms with Crippen LogP contribution in [0, 0.1) is 0 Å². The summed E-state index contributed by atoms with van der Waals surface area (Å²) >= 11 is 0. The average molecular weight is 238 g/mol. The van der Waals surface area contributed by atoms with Gasteiger partial charge in [-0.1, -0.05) is 61.5 Å². The highest BCUT2D eigenvalue weighted by Crippen LogP contribution is 2.27. The first-order chi connectivity index (χ1) is 8.81. The Bertz CT molecular complexity index is 526. The van der Waals surface area contributed by atoms with Crippen LogP contribution in [-0.4, -0.2) is 5.11 Å². The summed E-state index contributed by atoms with van der Waals surface area (Å²) in [5.41, 5.74) is 3.42. The van der Waals surface area contributed by atoms with Crippen molar-refractivity contribution in [1.29, 1.82) is 0 Å². The summed E-state index contributed by atoms with van der Waals surface area (Å²) in [6.07, 6.45) is 4.02. The Kier molecular flexibility index (Phi) is 4.19. The van der Waals surface area contributed by atoms with Gasteiger partial charge in [-0.25, -0.2) is 0 Å². The minimum Gasteiger partial charge on any atom is -0.507 e. The number of aromatic hydroxyl groups is 1. The number of allylic oxidation sites excluding steroid dienone is 2. The fourth-order valence-electron chi connectivity index (χ4n) is 2.05. The predicted molar refractivity (Wildman–Crippen MR) is 76.5 cm³/mol. The summed E-state index contributed by atoms with van der Waals surface area (Å²) in [5.74, 6) is 0.360. The van der Waals surface area contributed by atoms with E-state index in [0.29, 0.717) is 5.75 Å². The van der Waals surface area contributed by atoms with Gasteiger partial charge in [0.1, 0.15) is 5.75 Å². The Balaban J connectivity index is 2.22. The molecule has 0 atom stereocenters. The summed E-state index contributed by atoms with van der Waals surface area (Å²) in [6.45, 7) is 2.11. The lowest BCUT2D eigenvalue weighted by molar-refractivity contribution is 0.473. The minimum atomic E-state index is 0.360. The molecule has 0 unspecified atom stereocenters. The molecule has 92 valence electrons. The van der Waals surface area contributed by atoms with Crippen LogP contribution in [0.2, 0.25) is 0 Å². The molecule has 2 aromatic rings. The van der Waals surface area contributed by atoms with Crippen LogP contribution >= 0.6 is 0 Å². The van der Waals surface area contributed by atoms with Gasteiger partial charge in [-0.15, -0.1) is 0 Å². The summed E-state index contributed by atoms with van der Waals surface area (Å²) < 4.78 is 0. The molecule has 2 rings (SSSR count). The maximum atomic E-state index is 9.87. The van der Waals surface area contributed by atoms with Gasteiger partial charge in [0.25, 0.3) is 0 Å². The highest BCUT2D eigenvalue weighted by molar-refractivity contribution is 5.70. The van der Waals surface area contributed by atoms with Crippen LogP contribution in [0.4, 0.5) is 0 Å². The molecule has 18 heavy (non-hydrogen) atoms. The molecule has 0 aromatic heterocycles. The molecule has 0 heterocycles. The Morgan fingerprint density at radius 3 is 2.33 bits per heavy atom. The number of hydrogen-bond donors (Lipinski definition) is 1. The summed E-state index contributed by atoms with van der Waals surface area (Å²) in [4.78, 5) is 0. The first kappa shape index (κ1) is 12.4. The molecular weight excluding hydrogens is 220 g/mol. The minimum absolute atomic E-state index is 0.360. The molecule has 1 heteroatoms. The van der Waals surface area contributed by atoms with Gasteiger partial charge in [0.05, 0.1) is 0 Å². The lowest BCUT2D eigenvalue weighted by Gasteiger charge is -2.07. The van der Waals surface area contributed by atoms with Gasteiger partial charge in [-0.05, 0) is 30.0 Å². The normalized spacial score (nSPS) is 11.5. The van der Waals surface area contributed by atoms with Crippen LogP contribution in [0.25, 0.3) is 5.57 Å². The van der Waals surface area contributed by atoms with E-state index in [4.69, 9.17) is 0 Å². The summed E-state index contributed by atoms with van der Waals surface area (Å²) in [6, 6.07) is 17.9. The first-order valence-corrected chi connectivity index (χ1v) is 6.32. The maximum Gasteiger partial charge on any atom is 0.123 e. The number of hydrogen-bond acceptors (Lipinski definition) is 1. The zero-order valence-corrected chi connectivity index (χ0v) is 10.6. The second-order valence-electron chi connectivity index (χ2n) is 4.29. The predicted octanol–water partition coefficient (Wildman–Crippen LogP) is 4.43. The number of rotatable bonds is 4. The van der Waals surface area contributed by atoms with E-state index in [1.54, 1.807) is 6.07 Å². The highest BCUT2D eigenvalue weighted by atomic mass is 16.3. The Hall–Kier alpha value is -2.02. The van der Waals surface area contributed by atoms with Gasteiger partial charge in [0, 0.05) is 5.56 Å². The number of phenolic OH excluding ortho intramolecular Hbond substituents is 1. The zero-order chi connectivity index (χ0) is 12.8. The van der Waals surface area contributed by atoms with Crippen molar-refractivity contribution in [3.8, 4) is 5.75 Å². The van der Waals surface area contributed by atoms with Gasteiger partial charge in [-0.3, -0.25) is 0 Å². The average Bonchev–Trinajstić information content (AvgIpc) is 2.42. The quantitative estimate of drug-likeness (QED) is 0.835. The number of benzene rings is 2. The lowest BCUT2D eigenvalue weighted by Crippen LogP contribution is -1.87. The van der Waals surface area contributed by atoms with Crippen LogP contribution in [0.1, 0.15) is 24.5 Å².